The Hall–Kier alpha value is -3.12. The number of ether oxygens (including phenoxy) is 1. The number of amides is 1. The molecule has 1 heterocycles. The zero-order valence-corrected chi connectivity index (χ0v) is 23.9. The Balaban J connectivity index is 1.19. The molecule has 0 radical (unpaired) electrons. The first-order valence-electron chi connectivity index (χ1n) is 15.2. The van der Waals surface area contributed by atoms with Crippen LogP contribution in [-0.2, 0) is 4.79 Å². The van der Waals surface area contributed by atoms with Crippen LogP contribution in [0.5, 0.6) is 5.75 Å². The Morgan fingerprint density at radius 2 is 1.73 bits per heavy atom. The molecular weight excluding hydrogens is 500 g/mol. The SMILES string of the molecule is COc1ccc(C2CCC(CN(C(=O)C3CCC(O)CC3)c3cccc(-c4coc(C5CC5)n4)c3)CC2)cc1C. The summed E-state index contributed by atoms with van der Waals surface area (Å²) in [5.41, 5.74) is 5.36. The number of aliphatic hydroxyl groups excluding tert-OH is 1. The lowest BCUT2D eigenvalue weighted by Crippen LogP contribution is -2.41. The van der Waals surface area contributed by atoms with Crippen molar-refractivity contribution < 1.29 is 19.1 Å². The first kappa shape index (κ1) is 27.1. The van der Waals surface area contributed by atoms with E-state index in [4.69, 9.17) is 14.1 Å². The Bertz CT molecular complexity index is 1310. The first-order chi connectivity index (χ1) is 19.5. The highest BCUT2D eigenvalue weighted by molar-refractivity contribution is 5.95. The Kier molecular flexibility index (Phi) is 7.97. The molecule has 6 rings (SSSR count). The first-order valence-corrected chi connectivity index (χ1v) is 15.2. The molecule has 3 aromatic rings. The lowest BCUT2D eigenvalue weighted by molar-refractivity contribution is -0.124. The minimum atomic E-state index is -0.273. The van der Waals surface area contributed by atoms with Gasteiger partial charge in [0.1, 0.15) is 17.7 Å². The monoisotopic (exact) mass is 542 g/mol. The topological polar surface area (TPSA) is 75.8 Å². The molecular formula is C34H42N2O4. The van der Waals surface area contributed by atoms with Crippen molar-refractivity contribution in [2.45, 2.75) is 89.1 Å². The minimum Gasteiger partial charge on any atom is -0.496 e. The van der Waals surface area contributed by atoms with E-state index >= 15 is 0 Å². The van der Waals surface area contributed by atoms with Crippen LogP contribution in [-0.4, -0.2) is 35.8 Å². The number of carbonyl (C=O) groups excluding carboxylic acids is 1. The number of rotatable bonds is 8. The van der Waals surface area contributed by atoms with E-state index in [-0.39, 0.29) is 17.9 Å². The molecule has 0 saturated heterocycles. The third-order valence-corrected chi connectivity index (χ3v) is 9.39. The van der Waals surface area contributed by atoms with E-state index in [1.54, 1.807) is 13.4 Å². The van der Waals surface area contributed by atoms with Crippen LogP contribution in [0.15, 0.2) is 53.1 Å². The summed E-state index contributed by atoms with van der Waals surface area (Å²) in [6.07, 6.45) is 11.2. The van der Waals surface area contributed by atoms with Crippen molar-refractivity contribution in [2.24, 2.45) is 11.8 Å². The van der Waals surface area contributed by atoms with Crippen LogP contribution in [0.2, 0.25) is 0 Å². The Morgan fingerprint density at radius 1 is 0.975 bits per heavy atom. The smallest absolute Gasteiger partial charge is 0.230 e. The average molecular weight is 543 g/mol. The van der Waals surface area contributed by atoms with Gasteiger partial charge in [-0.3, -0.25) is 4.79 Å². The summed E-state index contributed by atoms with van der Waals surface area (Å²) in [6, 6.07) is 14.8. The molecule has 3 fully saturated rings. The van der Waals surface area contributed by atoms with Crippen molar-refractivity contribution in [2.75, 3.05) is 18.6 Å². The second kappa shape index (κ2) is 11.8. The molecule has 0 unspecified atom stereocenters. The summed E-state index contributed by atoms with van der Waals surface area (Å²) in [5, 5.41) is 10.1. The number of aromatic nitrogens is 1. The minimum absolute atomic E-state index is 0.0285. The lowest BCUT2D eigenvalue weighted by atomic mass is 9.78. The van der Waals surface area contributed by atoms with Crippen LogP contribution in [0.3, 0.4) is 0 Å². The maximum atomic E-state index is 14.0. The second-order valence-corrected chi connectivity index (χ2v) is 12.3. The van der Waals surface area contributed by atoms with Crippen LogP contribution in [0.4, 0.5) is 5.69 Å². The number of hydrogen-bond donors (Lipinski definition) is 1. The van der Waals surface area contributed by atoms with Gasteiger partial charge in [0.05, 0.1) is 13.2 Å². The van der Waals surface area contributed by atoms with Crippen molar-refractivity contribution in [3.63, 3.8) is 0 Å². The number of anilines is 1. The molecule has 6 nitrogen and oxygen atoms in total. The van der Waals surface area contributed by atoms with Gasteiger partial charge in [0.25, 0.3) is 0 Å². The van der Waals surface area contributed by atoms with Gasteiger partial charge in [0.2, 0.25) is 5.91 Å². The molecule has 1 amide bonds. The van der Waals surface area contributed by atoms with Crippen LogP contribution in [0.1, 0.15) is 93.1 Å². The highest BCUT2D eigenvalue weighted by atomic mass is 16.5. The van der Waals surface area contributed by atoms with Crippen LogP contribution in [0, 0.1) is 18.8 Å². The molecule has 6 heteroatoms. The maximum absolute atomic E-state index is 14.0. The molecule has 1 N–H and O–H groups in total. The zero-order valence-electron chi connectivity index (χ0n) is 23.9. The standard InChI is InChI=1S/C34H42N2O4/c1-22-18-27(14-17-32(22)39-2)24-8-6-23(7-9-24)20-36(34(38)26-12-15-30(37)16-13-26)29-5-3-4-28(19-29)31-21-40-33(35-31)25-10-11-25/h3-5,14,17-19,21,23-26,30,37H,6-13,15-16,20H2,1-2H3. The maximum Gasteiger partial charge on any atom is 0.230 e. The van der Waals surface area contributed by atoms with Gasteiger partial charge in [0, 0.05) is 29.6 Å². The molecule has 0 bridgehead atoms. The van der Waals surface area contributed by atoms with Crippen molar-refractivity contribution >= 4 is 11.6 Å². The van der Waals surface area contributed by atoms with Crippen LogP contribution in [0.25, 0.3) is 11.3 Å². The summed E-state index contributed by atoms with van der Waals surface area (Å²) < 4.78 is 11.2. The fourth-order valence-electron chi connectivity index (χ4n) is 6.73. The number of carbonyl (C=O) groups is 1. The summed E-state index contributed by atoms with van der Waals surface area (Å²) in [4.78, 5) is 20.8. The van der Waals surface area contributed by atoms with E-state index in [1.807, 2.05) is 6.07 Å². The van der Waals surface area contributed by atoms with E-state index < -0.39 is 0 Å². The van der Waals surface area contributed by atoms with E-state index in [9.17, 15) is 9.90 Å². The van der Waals surface area contributed by atoms with Crippen molar-refractivity contribution in [3.05, 3.63) is 65.7 Å². The van der Waals surface area contributed by atoms with E-state index in [1.165, 1.54) is 11.1 Å². The average Bonchev–Trinajstić information content (AvgIpc) is 3.72. The summed E-state index contributed by atoms with van der Waals surface area (Å²) in [7, 11) is 1.72. The summed E-state index contributed by atoms with van der Waals surface area (Å²) >= 11 is 0. The van der Waals surface area contributed by atoms with Crippen molar-refractivity contribution in [1.82, 2.24) is 4.98 Å². The summed E-state index contributed by atoms with van der Waals surface area (Å²) in [5.74, 6) is 3.44. The number of aliphatic hydroxyl groups is 1. The highest BCUT2D eigenvalue weighted by Crippen LogP contribution is 2.41. The van der Waals surface area contributed by atoms with Gasteiger partial charge in [0.15, 0.2) is 5.89 Å². The molecule has 3 saturated carbocycles. The van der Waals surface area contributed by atoms with Crippen LogP contribution >= 0.6 is 0 Å². The molecule has 212 valence electrons. The predicted molar refractivity (Wildman–Crippen MR) is 157 cm³/mol. The molecule has 0 aliphatic heterocycles. The third-order valence-electron chi connectivity index (χ3n) is 9.39. The van der Waals surface area contributed by atoms with Crippen molar-refractivity contribution in [1.29, 1.82) is 0 Å². The predicted octanol–water partition coefficient (Wildman–Crippen LogP) is 7.39. The third kappa shape index (κ3) is 5.97. The highest BCUT2D eigenvalue weighted by Gasteiger charge is 2.33. The van der Waals surface area contributed by atoms with Gasteiger partial charge in [-0.05, 0) is 112 Å². The number of aryl methyl sites for hydroxylation is 1. The number of benzene rings is 2. The Morgan fingerprint density at radius 3 is 2.42 bits per heavy atom. The number of nitrogens with zero attached hydrogens (tertiary/aromatic N) is 2. The molecule has 0 spiro atoms. The van der Waals surface area contributed by atoms with Gasteiger partial charge >= 0.3 is 0 Å². The van der Waals surface area contributed by atoms with E-state index in [2.05, 4.69) is 48.2 Å². The normalized spacial score (nSPS) is 25.0. The summed E-state index contributed by atoms with van der Waals surface area (Å²) in [6.45, 7) is 2.85. The molecule has 2 aromatic carbocycles. The van der Waals surface area contributed by atoms with Gasteiger partial charge in [-0.1, -0.05) is 24.3 Å². The largest absolute Gasteiger partial charge is 0.496 e. The molecule has 0 atom stereocenters. The quantitative estimate of drug-likeness (QED) is 0.321. The number of oxazole rings is 1. The molecule has 3 aliphatic carbocycles. The van der Waals surface area contributed by atoms with Gasteiger partial charge < -0.3 is 19.2 Å². The molecule has 3 aliphatic rings. The van der Waals surface area contributed by atoms with E-state index in [0.29, 0.717) is 30.6 Å². The fourth-order valence-corrected chi connectivity index (χ4v) is 6.73. The fraction of sp³-hybridized carbons (Fsp3) is 0.529. The number of methoxy groups -OCH3 is 1. The second-order valence-electron chi connectivity index (χ2n) is 12.3. The van der Waals surface area contributed by atoms with Gasteiger partial charge in [-0.15, -0.1) is 0 Å². The van der Waals surface area contributed by atoms with Crippen LogP contribution < -0.4 is 9.64 Å². The van der Waals surface area contributed by atoms with Gasteiger partial charge in [-0.2, -0.15) is 0 Å². The molecule has 1 aromatic heterocycles. The zero-order chi connectivity index (χ0) is 27.6. The lowest BCUT2D eigenvalue weighted by Gasteiger charge is -2.36. The molecule has 40 heavy (non-hydrogen) atoms. The Labute approximate surface area is 237 Å². The van der Waals surface area contributed by atoms with Gasteiger partial charge in [-0.25, -0.2) is 4.98 Å². The number of hydrogen-bond acceptors (Lipinski definition) is 5. The van der Waals surface area contributed by atoms with Crippen molar-refractivity contribution in [3.8, 4) is 17.0 Å². The van der Waals surface area contributed by atoms with E-state index in [0.717, 1.165) is 86.5 Å².